The predicted molar refractivity (Wildman–Crippen MR) is 102 cm³/mol. The van der Waals surface area contributed by atoms with Gasteiger partial charge in [0.15, 0.2) is 0 Å². The highest BCUT2D eigenvalue weighted by Crippen LogP contribution is 2.35. The van der Waals surface area contributed by atoms with E-state index < -0.39 is 0 Å². The summed E-state index contributed by atoms with van der Waals surface area (Å²) in [6.45, 7) is 5.76. The van der Waals surface area contributed by atoms with Crippen molar-refractivity contribution in [3.05, 3.63) is 11.1 Å². The van der Waals surface area contributed by atoms with E-state index >= 15 is 0 Å². The molecule has 0 unspecified atom stereocenters. The van der Waals surface area contributed by atoms with Crippen molar-refractivity contribution in [3.63, 3.8) is 0 Å². The van der Waals surface area contributed by atoms with Gasteiger partial charge < -0.3 is 4.74 Å². The van der Waals surface area contributed by atoms with Crippen LogP contribution in [-0.2, 0) is 9.53 Å². The molecule has 0 spiro atoms. The van der Waals surface area contributed by atoms with Crippen molar-refractivity contribution in [1.82, 2.24) is 4.90 Å². The Balaban J connectivity index is 1.59. The first-order valence-corrected chi connectivity index (χ1v) is 10.9. The number of ether oxygens (including phenoxy) is 1. The average molecular weight is 348 g/mol. The molecule has 0 aromatic carbocycles. The van der Waals surface area contributed by atoms with Crippen LogP contribution >= 0.6 is 0 Å². The fraction of sp³-hybridized carbons (Fsp3) is 0.864. The maximum absolute atomic E-state index is 12.8. The molecule has 0 bridgehead atoms. The van der Waals surface area contributed by atoms with Crippen molar-refractivity contribution >= 4 is 5.97 Å². The largest absolute Gasteiger partial charge is 0.462 e. The Labute approximate surface area is 154 Å². The average Bonchev–Trinajstić information content (AvgIpc) is 2.69. The Morgan fingerprint density at radius 2 is 1.72 bits per heavy atom. The molecule has 1 aliphatic heterocycles. The second-order valence-corrected chi connectivity index (χ2v) is 8.39. The van der Waals surface area contributed by atoms with Crippen molar-refractivity contribution in [2.45, 2.75) is 84.0 Å². The number of hydrogen-bond acceptors (Lipinski definition) is 3. The van der Waals surface area contributed by atoms with E-state index in [-0.39, 0.29) is 5.97 Å². The zero-order valence-corrected chi connectivity index (χ0v) is 16.2. The van der Waals surface area contributed by atoms with Gasteiger partial charge in [0.1, 0.15) is 0 Å². The summed E-state index contributed by atoms with van der Waals surface area (Å²) in [7, 11) is 0. The molecule has 3 heteroatoms. The molecule has 2 aliphatic carbocycles. The molecule has 0 N–H and O–H groups in total. The normalized spacial score (nSPS) is 24.5. The van der Waals surface area contributed by atoms with Gasteiger partial charge in [0.25, 0.3) is 0 Å². The maximum atomic E-state index is 12.8. The number of nitrogens with zero attached hydrogens (tertiary/aromatic N) is 1. The van der Waals surface area contributed by atoms with Gasteiger partial charge >= 0.3 is 5.97 Å². The topological polar surface area (TPSA) is 29.5 Å². The SMILES string of the molecule is CCN1CCC(C2CCCCC2)=C(C(=O)OCCC2CCCCC2)C1. The second kappa shape index (κ2) is 9.75. The number of carbonyl (C=O) groups excluding carboxylic acids is 1. The summed E-state index contributed by atoms with van der Waals surface area (Å²) in [6, 6.07) is 0. The summed E-state index contributed by atoms with van der Waals surface area (Å²) in [4.78, 5) is 15.2. The Morgan fingerprint density at radius 3 is 2.40 bits per heavy atom. The number of carbonyl (C=O) groups is 1. The van der Waals surface area contributed by atoms with Crippen LogP contribution in [0.3, 0.4) is 0 Å². The molecule has 2 saturated carbocycles. The second-order valence-electron chi connectivity index (χ2n) is 8.39. The molecule has 3 nitrogen and oxygen atoms in total. The molecule has 0 saturated heterocycles. The van der Waals surface area contributed by atoms with Crippen molar-refractivity contribution in [1.29, 1.82) is 0 Å². The maximum Gasteiger partial charge on any atom is 0.335 e. The monoisotopic (exact) mass is 347 g/mol. The van der Waals surface area contributed by atoms with Crippen LogP contribution in [-0.4, -0.2) is 37.1 Å². The van der Waals surface area contributed by atoms with Crippen LogP contribution in [0.4, 0.5) is 0 Å². The molecule has 0 radical (unpaired) electrons. The summed E-state index contributed by atoms with van der Waals surface area (Å²) >= 11 is 0. The molecule has 25 heavy (non-hydrogen) atoms. The van der Waals surface area contributed by atoms with E-state index in [1.54, 1.807) is 0 Å². The van der Waals surface area contributed by atoms with Gasteiger partial charge in [0, 0.05) is 13.1 Å². The van der Waals surface area contributed by atoms with Crippen molar-refractivity contribution in [2.24, 2.45) is 11.8 Å². The summed E-state index contributed by atoms with van der Waals surface area (Å²) in [5.41, 5.74) is 2.47. The van der Waals surface area contributed by atoms with E-state index in [2.05, 4.69) is 11.8 Å². The van der Waals surface area contributed by atoms with Gasteiger partial charge in [-0.15, -0.1) is 0 Å². The smallest absolute Gasteiger partial charge is 0.335 e. The summed E-state index contributed by atoms with van der Waals surface area (Å²) in [5, 5.41) is 0. The summed E-state index contributed by atoms with van der Waals surface area (Å²) in [5.74, 6) is 1.43. The first-order valence-electron chi connectivity index (χ1n) is 10.9. The molecule has 142 valence electrons. The quantitative estimate of drug-likeness (QED) is 0.626. The highest BCUT2D eigenvalue weighted by Gasteiger charge is 2.29. The number of hydrogen-bond donors (Lipinski definition) is 0. The molecule has 3 aliphatic rings. The van der Waals surface area contributed by atoms with Gasteiger partial charge in [-0.05, 0) is 44.1 Å². The van der Waals surface area contributed by atoms with Gasteiger partial charge in [-0.1, -0.05) is 63.9 Å². The summed E-state index contributed by atoms with van der Waals surface area (Å²) < 4.78 is 5.77. The summed E-state index contributed by atoms with van der Waals surface area (Å²) in [6.07, 6.45) is 15.5. The molecule has 1 heterocycles. The third kappa shape index (κ3) is 5.32. The van der Waals surface area contributed by atoms with Crippen LogP contribution in [0, 0.1) is 11.8 Å². The lowest BCUT2D eigenvalue weighted by atomic mass is 9.79. The van der Waals surface area contributed by atoms with E-state index in [0.29, 0.717) is 12.5 Å². The predicted octanol–water partition coefficient (Wildman–Crippen LogP) is 5.10. The Bertz CT molecular complexity index is 459. The molecule has 3 rings (SSSR count). The Kier molecular flexibility index (Phi) is 7.39. The zero-order chi connectivity index (χ0) is 17.5. The molecule has 0 atom stereocenters. The Hall–Kier alpha value is -0.830. The van der Waals surface area contributed by atoms with Gasteiger partial charge in [0.2, 0.25) is 0 Å². The van der Waals surface area contributed by atoms with E-state index in [4.69, 9.17) is 4.74 Å². The lowest BCUT2D eigenvalue weighted by Gasteiger charge is -2.34. The lowest BCUT2D eigenvalue weighted by Crippen LogP contribution is -2.36. The number of rotatable bonds is 6. The van der Waals surface area contributed by atoms with Gasteiger partial charge in [-0.2, -0.15) is 0 Å². The van der Waals surface area contributed by atoms with Crippen molar-refractivity contribution in [3.8, 4) is 0 Å². The number of likely N-dealkylation sites (N-methyl/N-ethyl adjacent to an activating group) is 1. The van der Waals surface area contributed by atoms with E-state index in [1.807, 2.05) is 0 Å². The van der Waals surface area contributed by atoms with Crippen LogP contribution in [0.2, 0.25) is 0 Å². The Morgan fingerprint density at radius 1 is 1.04 bits per heavy atom. The van der Waals surface area contributed by atoms with Gasteiger partial charge in [-0.3, -0.25) is 4.90 Å². The molecular formula is C22H37NO2. The van der Waals surface area contributed by atoms with Crippen LogP contribution in [0.5, 0.6) is 0 Å². The molecule has 0 aromatic heterocycles. The fourth-order valence-corrected chi connectivity index (χ4v) is 5.08. The van der Waals surface area contributed by atoms with Crippen LogP contribution in [0.15, 0.2) is 11.1 Å². The molecular weight excluding hydrogens is 310 g/mol. The van der Waals surface area contributed by atoms with Crippen LogP contribution in [0.25, 0.3) is 0 Å². The van der Waals surface area contributed by atoms with Crippen molar-refractivity contribution < 1.29 is 9.53 Å². The standard InChI is InChI=1S/C22H37NO2/c1-2-23-15-13-20(19-11-7-4-8-12-19)21(17-23)22(24)25-16-14-18-9-5-3-6-10-18/h18-19H,2-17H2,1H3. The van der Waals surface area contributed by atoms with E-state index in [9.17, 15) is 4.79 Å². The molecule has 2 fully saturated rings. The highest BCUT2D eigenvalue weighted by atomic mass is 16.5. The third-order valence-electron chi connectivity index (χ3n) is 6.74. The zero-order valence-electron chi connectivity index (χ0n) is 16.2. The molecule has 0 aromatic rings. The highest BCUT2D eigenvalue weighted by molar-refractivity contribution is 5.90. The van der Waals surface area contributed by atoms with Gasteiger partial charge in [-0.25, -0.2) is 4.79 Å². The lowest BCUT2D eigenvalue weighted by molar-refractivity contribution is -0.140. The first kappa shape index (κ1) is 18.9. The van der Waals surface area contributed by atoms with Crippen LogP contribution in [0.1, 0.15) is 84.0 Å². The van der Waals surface area contributed by atoms with Crippen LogP contribution < -0.4 is 0 Å². The minimum Gasteiger partial charge on any atom is -0.462 e. The first-order chi connectivity index (χ1) is 12.3. The fourth-order valence-electron chi connectivity index (χ4n) is 5.08. The van der Waals surface area contributed by atoms with E-state index in [0.717, 1.165) is 44.0 Å². The minimum absolute atomic E-state index is 0.00506. The molecule has 0 amide bonds. The minimum atomic E-state index is -0.00506. The van der Waals surface area contributed by atoms with Gasteiger partial charge in [0.05, 0.1) is 12.2 Å². The van der Waals surface area contributed by atoms with E-state index in [1.165, 1.54) is 69.8 Å². The van der Waals surface area contributed by atoms with Crippen molar-refractivity contribution in [2.75, 3.05) is 26.2 Å². The number of esters is 1. The third-order valence-corrected chi connectivity index (χ3v) is 6.74.